The highest BCUT2D eigenvalue weighted by atomic mass is 17.1. The SMILES string of the molecule is CCOc1nc2cccc(C(=O)OC(C)OC(=O)OCCCC[C@H](CON(O)O)ON(O)O)c2n1Cc1ccc(-c2ccccc2-c2nn[nH]n2)cc1. The van der Waals surface area contributed by atoms with E-state index in [1.54, 1.807) is 22.8 Å². The minimum absolute atomic E-state index is 0.0911. The average molecular weight is 739 g/mol. The fourth-order valence-electron chi connectivity index (χ4n) is 5.38. The lowest BCUT2D eigenvalue weighted by Gasteiger charge is -2.19. The highest BCUT2D eigenvalue weighted by molar-refractivity contribution is 6.02. The van der Waals surface area contributed by atoms with Gasteiger partial charge in [-0.1, -0.05) is 54.6 Å². The summed E-state index contributed by atoms with van der Waals surface area (Å²) in [4.78, 5) is 39.4. The topological polar surface area (TPSA) is 249 Å². The number of rotatable bonds is 19. The Balaban J connectivity index is 1.21. The van der Waals surface area contributed by atoms with Gasteiger partial charge in [0.1, 0.15) is 12.7 Å². The molecule has 20 nitrogen and oxygen atoms in total. The van der Waals surface area contributed by atoms with Gasteiger partial charge in [0.2, 0.25) is 12.1 Å². The van der Waals surface area contributed by atoms with Gasteiger partial charge in [-0.25, -0.2) is 19.3 Å². The molecule has 2 aromatic heterocycles. The van der Waals surface area contributed by atoms with E-state index in [2.05, 4.69) is 35.3 Å². The van der Waals surface area contributed by atoms with E-state index in [1.807, 2.05) is 55.5 Å². The predicted molar refractivity (Wildman–Crippen MR) is 178 cm³/mol. The summed E-state index contributed by atoms with van der Waals surface area (Å²) in [5, 5.41) is 48.3. The summed E-state index contributed by atoms with van der Waals surface area (Å²) >= 11 is 0. The van der Waals surface area contributed by atoms with Gasteiger partial charge < -0.3 is 18.9 Å². The van der Waals surface area contributed by atoms with Gasteiger partial charge in [0.25, 0.3) is 6.01 Å². The first kappa shape index (κ1) is 38.6. The van der Waals surface area contributed by atoms with Gasteiger partial charge in [-0.05, 0) is 60.2 Å². The molecule has 5 N–H and O–H groups in total. The number of aromatic nitrogens is 6. The molecule has 0 radical (unpaired) electrons. The van der Waals surface area contributed by atoms with Gasteiger partial charge in [-0.15, -0.1) is 10.2 Å². The van der Waals surface area contributed by atoms with Gasteiger partial charge in [-0.2, -0.15) is 10.2 Å². The summed E-state index contributed by atoms with van der Waals surface area (Å²) in [6.07, 6.45) is -2.57. The van der Waals surface area contributed by atoms with Crippen molar-refractivity contribution in [3.63, 3.8) is 0 Å². The van der Waals surface area contributed by atoms with E-state index < -0.39 is 41.9 Å². The molecule has 2 atom stereocenters. The van der Waals surface area contributed by atoms with Gasteiger partial charge >= 0.3 is 12.1 Å². The van der Waals surface area contributed by atoms with Crippen molar-refractivity contribution >= 4 is 23.2 Å². The van der Waals surface area contributed by atoms with Crippen LogP contribution in [0.25, 0.3) is 33.5 Å². The number of carbonyl (C=O) groups excluding carboxylic acids is 2. The Morgan fingerprint density at radius 3 is 2.40 bits per heavy atom. The van der Waals surface area contributed by atoms with Crippen LogP contribution in [0, 0.1) is 0 Å². The maximum atomic E-state index is 13.4. The number of H-pyrrole nitrogens is 1. The summed E-state index contributed by atoms with van der Waals surface area (Å²) in [6.45, 7) is 3.32. The van der Waals surface area contributed by atoms with Crippen molar-refractivity contribution in [1.82, 2.24) is 41.0 Å². The first-order valence-electron chi connectivity index (χ1n) is 16.4. The number of esters is 1. The zero-order chi connectivity index (χ0) is 37.7. The Kier molecular flexibility index (Phi) is 13.7. The fraction of sp³-hybridized carbons (Fsp3) is 0.333. The third kappa shape index (κ3) is 10.7. The number of ether oxygens (including phenoxy) is 4. The highest BCUT2D eigenvalue weighted by Gasteiger charge is 2.23. The van der Waals surface area contributed by atoms with Crippen molar-refractivity contribution in [1.29, 1.82) is 0 Å². The van der Waals surface area contributed by atoms with Crippen LogP contribution in [0.3, 0.4) is 0 Å². The van der Waals surface area contributed by atoms with Crippen LogP contribution < -0.4 is 4.74 Å². The number of carbonyl (C=O) groups is 2. The lowest BCUT2D eigenvalue weighted by Crippen LogP contribution is -2.31. The van der Waals surface area contributed by atoms with E-state index in [1.165, 1.54) is 6.92 Å². The van der Waals surface area contributed by atoms with Crippen molar-refractivity contribution in [2.75, 3.05) is 19.8 Å². The molecule has 0 saturated carbocycles. The molecule has 3 aromatic carbocycles. The number of para-hydroxylation sites is 1. The van der Waals surface area contributed by atoms with Crippen LogP contribution in [-0.4, -0.2) is 106 Å². The van der Waals surface area contributed by atoms with Gasteiger partial charge in [0, 0.05) is 12.5 Å². The number of benzene rings is 3. The van der Waals surface area contributed by atoms with Gasteiger partial charge in [-0.3, -0.25) is 25.4 Å². The zero-order valence-corrected chi connectivity index (χ0v) is 28.6. The first-order valence-corrected chi connectivity index (χ1v) is 16.4. The summed E-state index contributed by atoms with van der Waals surface area (Å²) in [7, 11) is 0. The second-order valence-corrected chi connectivity index (χ2v) is 11.3. The van der Waals surface area contributed by atoms with Crippen molar-refractivity contribution in [2.45, 2.75) is 52.0 Å². The van der Waals surface area contributed by atoms with Gasteiger partial charge in [0.15, 0.2) is 0 Å². The molecule has 0 saturated heterocycles. The lowest BCUT2D eigenvalue weighted by atomic mass is 9.98. The standard InChI is InChI=1S/C33H38N8O12/c1-3-48-32-34-28-13-8-12-27(31(42)51-21(2)52-33(43)49-18-7-6-9-24(53-41(46)47)20-50-40(44)45)29(28)39(32)19-22-14-16-23(17-15-22)25-10-4-5-11-26(25)30-35-37-38-36-30/h4-5,8,10-17,21,24,44-47H,3,6-7,9,18-20H2,1-2H3,(H,35,36,37,38)/t21?,24-/m1/s1. The Bertz CT molecular complexity index is 1920. The molecular formula is C33H38N8O12. The minimum atomic E-state index is -1.31. The number of aromatic amines is 1. The molecule has 20 heteroatoms. The number of nitrogens with zero attached hydrogens (tertiary/aromatic N) is 7. The van der Waals surface area contributed by atoms with Crippen LogP contribution in [0.15, 0.2) is 66.7 Å². The minimum Gasteiger partial charge on any atom is -0.465 e. The number of hydrogen-bond acceptors (Lipinski definition) is 18. The fourth-order valence-corrected chi connectivity index (χ4v) is 5.38. The Morgan fingerprint density at radius 1 is 0.925 bits per heavy atom. The van der Waals surface area contributed by atoms with E-state index >= 15 is 0 Å². The molecule has 53 heavy (non-hydrogen) atoms. The molecule has 5 aromatic rings. The van der Waals surface area contributed by atoms with Crippen LogP contribution in [-0.2, 0) is 30.4 Å². The first-order chi connectivity index (χ1) is 25.6. The second-order valence-electron chi connectivity index (χ2n) is 11.3. The predicted octanol–water partition coefficient (Wildman–Crippen LogP) is 4.55. The van der Waals surface area contributed by atoms with E-state index in [0.29, 0.717) is 48.9 Å². The molecule has 0 aliphatic carbocycles. The number of fused-ring (bicyclic) bond motifs is 1. The second kappa shape index (κ2) is 18.8. The molecule has 0 spiro atoms. The Hall–Kier alpha value is -5.58. The summed E-state index contributed by atoms with van der Waals surface area (Å²) in [5.74, 6) is -0.290. The molecule has 0 aliphatic heterocycles. The third-order valence-corrected chi connectivity index (χ3v) is 7.64. The summed E-state index contributed by atoms with van der Waals surface area (Å²) in [6, 6.07) is 20.9. The smallest absolute Gasteiger partial charge is 0.465 e. The maximum Gasteiger partial charge on any atom is 0.511 e. The molecule has 1 unspecified atom stereocenters. The van der Waals surface area contributed by atoms with E-state index in [9.17, 15) is 9.59 Å². The molecule has 0 fully saturated rings. The van der Waals surface area contributed by atoms with Gasteiger partial charge in [0.05, 0.1) is 47.1 Å². The van der Waals surface area contributed by atoms with Crippen molar-refractivity contribution in [3.05, 3.63) is 77.9 Å². The van der Waals surface area contributed by atoms with E-state index in [-0.39, 0.29) is 18.6 Å². The summed E-state index contributed by atoms with van der Waals surface area (Å²) < 4.78 is 23.2. The molecule has 2 heterocycles. The highest BCUT2D eigenvalue weighted by Crippen LogP contribution is 2.31. The number of imidazole rings is 1. The molecule has 5 rings (SSSR count). The van der Waals surface area contributed by atoms with Crippen LogP contribution in [0.4, 0.5) is 4.79 Å². The quantitative estimate of drug-likeness (QED) is 0.0337. The zero-order valence-electron chi connectivity index (χ0n) is 28.6. The Morgan fingerprint density at radius 2 is 1.70 bits per heavy atom. The monoisotopic (exact) mass is 738 g/mol. The van der Waals surface area contributed by atoms with Crippen molar-refractivity contribution in [2.24, 2.45) is 0 Å². The van der Waals surface area contributed by atoms with Crippen molar-refractivity contribution < 1.29 is 59.0 Å². The lowest BCUT2D eigenvalue weighted by molar-refractivity contribution is -0.527. The van der Waals surface area contributed by atoms with Crippen LogP contribution in [0.5, 0.6) is 6.01 Å². The third-order valence-electron chi connectivity index (χ3n) is 7.64. The molecule has 0 aliphatic rings. The molecule has 282 valence electrons. The number of hydrogen-bond donors (Lipinski definition) is 5. The average Bonchev–Trinajstić information content (AvgIpc) is 3.79. The normalized spacial score (nSPS) is 12.6. The number of tetrazole rings is 1. The van der Waals surface area contributed by atoms with Crippen molar-refractivity contribution in [3.8, 4) is 28.5 Å². The molecular weight excluding hydrogens is 700 g/mol. The van der Waals surface area contributed by atoms with Crippen LogP contribution in [0.1, 0.15) is 49.0 Å². The van der Waals surface area contributed by atoms with E-state index in [0.717, 1.165) is 22.3 Å². The number of unbranched alkanes of at least 4 members (excludes halogenated alkanes) is 1. The Labute approximate surface area is 301 Å². The van der Waals surface area contributed by atoms with Crippen LogP contribution in [0.2, 0.25) is 0 Å². The summed E-state index contributed by atoms with van der Waals surface area (Å²) in [5.41, 5.74) is 4.73. The maximum absolute atomic E-state index is 13.4. The molecule has 0 bridgehead atoms. The number of nitrogens with one attached hydrogen (secondary N) is 1. The largest absolute Gasteiger partial charge is 0.511 e. The van der Waals surface area contributed by atoms with E-state index in [4.69, 9.17) is 39.8 Å². The van der Waals surface area contributed by atoms with Crippen LogP contribution >= 0.6 is 0 Å². The molecule has 0 amide bonds.